The van der Waals surface area contributed by atoms with Crippen molar-refractivity contribution in [2.75, 3.05) is 6.54 Å². The van der Waals surface area contributed by atoms with E-state index in [1.165, 1.54) is 16.5 Å². The average molecular weight is 242 g/mol. The summed E-state index contributed by atoms with van der Waals surface area (Å²) in [5, 5.41) is 1.29. The van der Waals surface area contributed by atoms with Gasteiger partial charge >= 0.3 is 0 Å². The minimum atomic E-state index is 0.514. The van der Waals surface area contributed by atoms with Gasteiger partial charge in [-0.1, -0.05) is 19.9 Å². The van der Waals surface area contributed by atoms with Crippen LogP contribution in [-0.4, -0.2) is 11.5 Å². The van der Waals surface area contributed by atoms with Gasteiger partial charge in [0.05, 0.1) is 5.52 Å². The molecule has 2 rings (SSSR count). The van der Waals surface area contributed by atoms with Gasteiger partial charge in [-0.05, 0) is 61.6 Å². The van der Waals surface area contributed by atoms with Gasteiger partial charge in [-0.2, -0.15) is 0 Å². The minimum Gasteiger partial charge on any atom is -0.330 e. The van der Waals surface area contributed by atoms with E-state index in [9.17, 15) is 0 Å². The standard InChI is InChI=1S/C16H22N2/c1-4-13-5-6-16-15(9-13)14(7-11(2)10-17)8-12(3)18-16/h5-6,8-9,11H,4,7,10,17H2,1-3H3. The third-order valence-electron chi connectivity index (χ3n) is 3.47. The van der Waals surface area contributed by atoms with Gasteiger partial charge in [0, 0.05) is 11.1 Å². The van der Waals surface area contributed by atoms with Crippen LogP contribution in [0.25, 0.3) is 10.9 Å². The number of fused-ring (bicyclic) bond motifs is 1. The SMILES string of the molecule is CCc1ccc2nc(C)cc(CC(C)CN)c2c1. The monoisotopic (exact) mass is 242 g/mol. The van der Waals surface area contributed by atoms with Crippen molar-refractivity contribution in [3.05, 3.63) is 41.1 Å². The van der Waals surface area contributed by atoms with E-state index in [0.717, 1.165) is 30.6 Å². The van der Waals surface area contributed by atoms with Gasteiger partial charge in [0.2, 0.25) is 0 Å². The van der Waals surface area contributed by atoms with Crippen molar-refractivity contribution in [1.82, 2.24) is 4.98 Å². The van der Waals surface area contributed by atoms with E-state index in [0.29, 0.717) is 5.92 Å². The first kappa shape index (κ1) is 13.0. The van der Waals surface area contributed by atoms with E-state index in [1.807, 2.05) is 0 Å². The molecule has 0 spiro atoms. The number of aryl methyl sites for hydroxylation is 2. The van der Waals surface area contributed by atoms with Crippen LogP contribution in [0.3, 0.4) is 0 Å². The second kappa shape index (κ2) is 5.49. The molecule has 96 valence electrons. The fraction of sp³-hybridized carbons (Fsp3) is 0.438. The third kappa shape index (κ3) is 2.70. The van der Waals surface area contributed by atoms with Gasteiger partial charge in [-0.25, -0.2) is 0 Å². The van der Waals surface area contributed by atoms with Crippen LogP contribution in [0, 0.1) is 12.8 Å². The molecule has 0 bridgehead atoms. The highest BCUT2D eigenvalue weighted by molar-refractivity contribution is 5.83. The summed E-state index contributed by atoms with van der Waals surface area (Å²) in [6, 6.07) is 8.79. The van der Waals surface area contributed by atoms with Crippen molar-refractivity contribution in [2.45, 2.75) is 33.6 Å². The summed E-state index contributed by atoms with van der Waals surface area (Å²) >= 11 is 0. The summed E-state index contributed by atoms with van der Waals surface area (Å²) in [6.07, 6.45) is 2.10. The van der Waals surface area contributed by atoms with Crippen molar-refractivity contribution in [3.8, 4) is 0 Å². The highest BCUT2D eigenvalue weighted by Crippen LogP contribution is 2.22. The predicted molar refractivity (Wildman–Crippen MR) is 77.8 cm³/mol. The summed E-state index contributed by atoms with van der Waals surface area (Å²) in [6.45, 7) is 7.18. The summed E-state index contributed by atoms with van der Waals surface area (Å²) < 4.78 is 0. The van der Waals surface area contributed by atoms with Crippen LogP contribution < -0.4 is 5.73 Å². The Morgan fingerprint density at radius 3 is 2.72 bits per heavy atom. The van der Waals surface area contributed by atoms with Crippen molar-refractivity contribution in [1.29, 1.82) is 0 Å². The lowest BCUT2D eigenvalue weighted by molar-refractivity contribution is 0.595. The molecular weight excluding hydrogens is 220 g/mol. The molecule has 0 amide bonds. The van der Waals surface area contributed by atoms with E-state index in [-0.39, 0.29) is 0 Å². The van der Waals surface area contributed by atoms with Crippen LogP contribution in [0.4, 0.5) is 0 Å². The molecule has 1 aromatic carbocycles. The van der Waals surface area contributed by atoms with E-state index in [2.05, 4.69) is 50.0 Å². The number of pyridine rings is 1. The topological polar surface area (TPSA) is 38.9 Å². The van der Waals surface area contributed by atoms with Gasteiger partial charge < -0.3 is 5.73 Å². The molecule has 0 fully saturated rings. The maximum absolute atomic E-state index is 5.74. The van der Waals surface area contributed by atoms with Crippen LogP contribution in [0.5, 0.6) is 0 Å². The normalized spacial score (nSPS) is 12.9. The van der Waals surface area contributed by atoms with E-state index >= 15 is 0 Å². The molecular formula is C16H22N2. The second-order valence-electron chi connectivity index (χ2n) is 5.17. The van der Waals surface area contributed by atoms with Crippen LogP contribution in [0.1, 0.15) is 30.7 Å². The zero-order valence-electron chi connectivity index (χ0n) is 11.5. The zero-order valence-corrected chi connectivity index (χ0v) is 11.5. The Bertz CT molecular complexity index is 546. The molecule has 0 saturated carbocycles. The molecule has 2 heteroatoms. The summed E-state index contributed by atoms with van der Waals surface area (Å²) in [4.78, 5) is 4.61. The van der Waals surface area contributed by atoms with Crippen LogP contribution >= 0.6 is 0 Å². The third-order valence-corrected chi connectivity index (χ3v) is 3.47. The quantitative estimate of drug-likeness (QED) is 0.894. The Labute approximate surface area is 109 Å². The smallest absolute Gasteiger partial charge is 0.0708 e. The second-order valence-corrected chi connectivity index (χ2v) is 5.17. The molecule has 0 aliphatic carbocycles. The molecule has 0 aliphatic rings. The van der Waals surface area contributed by atoms with E-state index in [4.69, 9.17) is 5.73 Å². The zero-order chi connectivity index (χ0) is 13.1. The van der Waals surface area contributed by atoms with Crippen molar-refractivity contribution >= 4 is 10.9 Å². The molecule has 1 aromatic heterocycles. The fourth-order valence-corrected chi connectivity index (χ4v) is 2.34. The molecule has 0 aliphatic heterocycles. The molecule has 2 N–H and O–H groups in total. The van der Waals surface area contributed by atoms with Gasteiger partial charge in [0.25, 0.3) is 0 Å². The lowest BCUT2D eigenvalue weighted by Gasteiger charge is -2.13. The maximum atomic E-state index is 5.74. The van der Waals surface area contributed by atoms with Gasteiger partial charge in [0.1, 0.15) is 0 Å². The molecule has 1 heterocycles. The predicted octanol–water partition coefficient (Wildman–Crippen LogP) is 3.24. The fourth-order valence-electron chi connectivity index (χ4n) is 2.34. The lowest BCUT2D eigenvalue weighted by atomic mass is 9.96. The minimum absolute atomic E-state index is 0.514. The lowest BCUT2D eigenvalue weighted by Crippen LogP contribution is -2.13. The van der Waals surface area contributed by atoms with Crippen LogP contribution in [0.2, 0.25) is 0 Å². The first-order chi connectivity index (χ1) is 8.63. The molecule has 2 aromatic rings. The molecule has 0 saturated heterocycles. The molecule has 2 nitrogen and oxygen atoms in total. The number of nitrogens with two attached hydrogens (primary N) is 1. The Morgan fingerprint density at radius 1 is 1.28 bits per heavy atom. The highest BCUT2D eigenvalue weighted by Gasteiger charge is 2.08. The number of aromatic nitrogens is 1. The molecule has 0 radical (unpaired) electrons. The summed E-state index contributed by atoms with van der Waals surface area (Å²) in [5.74, 6) is 0.514. The van der Waals surface area contributed by atoms with Crippen molar-refractivity contribution in [2.24, 2.45) is 11.7 Å². The first-order valence-electron chi connectivity index (χ1n) is 6.73. The van der Waals surface area contributed by atoms with E-state index in [1.54, 1.807) is 0 Å². The first-order valence-corrected chi connectivity index (χ1v) is 6.73. The Morgan fingerprint density at radius 2 is 2.06 bits per heavy atom. The van der Waals surface area contributed by atoms with Crippen LogP contribution in [-0.2, 0) is 12.8 Å². The Kier molecular flexibility index (Phi) is 3.97. The molecule has 1 unspecified atom stereocenters. The number of benzene rings is 1. The van der Waals surface area contributed by atoms with Gasteiger partial charge in [-0.3, -0.25) is 4.98 Å². The number of nitrogens with zero attached hydrogens (tertiary/aromatic N) is 1. The number of hydrogen-bond acceptors (Lipinski definition) is 2. The Hall–Kier alpha value is -1.41. The van der Waals surface area contributed by atoms with Crippen molar-refractivity contribution in [3.63, 3.8) is 0 Å². The number of rotatable bonds is 4. The maximum Gasteiger partial charge on any atom is 0.0708 e. The van der Waals surface area contributed by atoms with E-state index < -0.39 is 0 Å². The summed E-state index contributed by atoms with van der Waals surface area (Å²) in [7, 11) is 0. The van der Waals surface area contributed by atoms with Crippen molar-refractivity contribution < 1.29 is 0 Å². The average Bonchev–Trinajstić information content (AvgIpc) is 2.38. The van der Waals surface area contributed by atoms with Crippen LogP contribution in [0.15, 0.2) is 24.3 Å². The highest BCUT2D eigenvalue weighted by atomic mass is 14.7. The molecule has 1 atom stereocenters. The number of hydrogen-bond donors (Lipinski definition) is 1. The van der Waals surface area contributed by atoms with Gasteiger partial charge in [-0.15, -0.1) is 0 Å². The Balaban J connectivity index is 2.54. The largest absolute Gasteiger partial charge is 0.330 e. The van der Waals surface area contributed by atoms with Gasteiger partial charge in [0.15, 0.2) is 0 Å². The summed E-state index contributed by atoms with van der Waals surface area (Å²) in [5.41, 5.74) is 10.7. The molecule has 18 heavy (non-hydrogen) atoms.